The van der Waals surface area contributed by atoms with Crippen molar-refractivity contribution in [3.05, 3.63) is 34.1 Å². The van der Waals surface area contributed by atoms with Crippen LogP contribution in [0.1, 0.15) is 63.2 Å². The molecular formula is C19H29N3O2S. The molecule has 0 aliphatic carbocycles. The van der Waals surface area contributed by atoms with Gasteiger partial charge in [0.1, 0.15) is 6.10 Å². The summed E-state index contributed by atoms with van der Waals surface area (Å²) in [6.07, 6.45) is 3.38. The normalized spacial score (nSPS) is 22.8. The van der Waals surface area contributed by atoms with Crippen LogP contribution in [0.3, 0.4) is 0 Å². The van der Waals surface area contributed by atoms with Crippen molar-refractivity contribution in [3.8, 4) is 0 Å². The first-order chi connectivity index (χ1) is 12.0. The van der Waals surface area contributed by atoms with Gasteiger partial charge in [0.15, 0.2) is 5.82 Å². The lowest BCUT2D eigenvalue weighted by Crippen LogP contribution is -2.42. The molecule has 5 nitrogen and oxygen atoms in total. The Morgan fingerprint density at radius 1 is 1.40 bits per heavy atom. The van der Waals surface area contributed by atoms with Gasteiger partial charge in [-0.05, 0) is 57.0 Å². The van der Waals surface area contributed by atoms with Gasteiger partial charge in [-0.3, -0.25) is 4.90 Å². The zero-order chi connectivity index (χ0) is 17.9. The minimum Gasteiger partial charge on any atom is -0.370 e. The lowest BCUT2D eigenvalue weighted by molar-refractivity contribution is 0.0402. The molecule has 2 unspecified atom stereocenters. The summed E-state index contributed by atoms with van der Waals surface area (Å²) < 4.78 is 11.3. The molecule has 0 N–H and O–H groups in total. The Morgan fingerprint density at radius 2 is 2.24 bits per heavy atom. The van der Waals surface area contributed by atoms with E-state index in [0.717, 1.165) is 13.0 Å². The molecule has 138 valence electrons. The molecule has 1 fully saturated rings. The molecule has 25 heavy (non-hydrogen) atoms. The Balaban J connectivity index is 1.61. The largest absolute Gasteiger partial charge is 0.370 e. The fraction of sp³-hybridized carbons (Fsp3) is 0.684. The van der Waals surface area contributed by atoms with E-state index in [4.69, 9.17) is 9.26 Å². The van der Waals surface area contributed by atoms with Gasteiger partial charge in [0.25, 0.3) is 0 Å². The van der Waals surface area contributed by atoms with E-state index in [9.17, 15) is 0 Å². The monoisotopic (exact) mass is 363 g/mol. The van der Waals surface area contributed by atoms with Crippen molar-refractivity contribution in [2.75, 3.05) is 13.2 Å². The van der Waals surface area contributed by atoms with Gasteiger partial charge in [0.05, 0.1) is 6.54 Å². The molecule has 1 saturated heterocycles. The van der Waals surface area contributed by atoms with Crippen LogP contribution in [0.4, 0.5) is 0 Å². The van der Waals surface area contributed by atoms with Crippen LogP contribution in [-0.2, 0) is 17.7 Å². The second-order valence-corrected chi connectivity index (χ2v) is 8.73. The topological polar surface area (TPSA) is 51.4 Å². The summed E-state index contributed by atoms with van der Waals surface area (Å²) in [6, 6.07) is 4.36. The summed E-state index contributed by atoms with van der Waals surface area (Å²) >= 11 is 1.84. The molecule has 2 atom stereocenters. The lowest BCUT2D eigenvalue weighted by Gasteiger charge is -2.34. The van der Waals surface area contributed by atoms with Crippen molar-refractivity contribution in [3.63, 3.8) is 0 Å². The molecule has 0 radical (unpaired) electrons. The number of likely N-dealkylation sites (tertiary alicyclic amines) is 1. The van der Waals surface area contributed by atoms with E-state index in [1.807, 2.05) is 18.3 Å². The van der Waals surface area contributed by atoms with Crippen molar-refractivity contribution >= 4 is 11.3 Å². The van der Waals surface area contributed by atoms with E-state index in [1.54, 1.807) is 0 Å². The number of thiophene rings is 1. The van der Waals surface area contributed by atoms with Gasteiger partial charge < -0.3 is 9.26 Å². The Bertz CT molecular complexity index is 655. The number of aromatic nitrogens is 2. The second kappa shape index (κ2) is 7.98. The molecule has 2 aromatic heterocycles. The summed E-state index contributed by atoms with van der Waals surface area (Å²) in [5, 5.41) is 6.28. The van der Waals surface area contributed by atoms with Gasteiger partial charge in [0.2, 0.25) is 5.89 Å². The highest BCUT2D eigenvalue weighted by molar-refractivity contribution is 7.09. The van der Waals surface area contributed by atoms with Crippen LogP contribution in [0.15, 0.2) is 22.0 Å². The predicted octanol–water partition coefficient (Wildman–Crippen LogP) is 4.46. The highest BCUT2D eigenvalue weighted by Crippen LogP contribution is 2.34. The molecule has 3 rings (SSSR count). The SMILES string of the molecule is CC(C)COC(C)c1noc(CN2CCCC2(C)Cc2cccs2)n1. The van der Waals surface area contributed by atoms with Gasteiger partial charge in [-0.25, -0.2) is 0 Å². The minimum atomic E-state index is -0.129. The maximum Gasteiger partial charge on any atom is 0.240 e. The zero-order valence-electron chi connectivity index (χ0n) is 15.7. The minimum absolute atomic E-state index is 0.129. The smallest absolute Gasteiger partial charge is 0.240 e. The van der Waals surface area contributed by atoms with E-state index in [1.165, 1.54) is 17.7 Å². The number of hydrogen-bond acceptors (Lipinski definition) is 6. The van der Waals surface area contributed by atoms with Gasteiger partial charge in [0, 0.05) is 17.0 Å². The fourth-order valence-corrected chi connectivity index (χ4v) is 4.29. The van der Waals surface area contributed by atoms with E-state index in [2.05, 4.69) is 53.3 Å². The Morgan fingerprint density at radius 3 is 2.96 bits per heavy atom. The standard InChI is InChI=1S/C19H29N3O2S/c1-14(2)13-23-15(3)18-20-17(24-21-18)12-22-9-6-8-19(22,4)11-16-7-5-10-25-16/h5,7,10,14-15H,6,8-9,11-13H2,1-4H3. The van der Waals surface area contributed by atoms with Crippen molar-refractivity contribution < 1.29 is 9.26 Å². The van der Waals surface area contributed by atoms with Crippen LogP contribution >= 0.6 is 11.3 Å². The van der Waals surface area contributed by atoms with Crippen LogP contribution in [0.25, 0.3) is 0 Å². The van der Waals surface area contributed by atoms with E-state index in [0.29, 0.717) is 30.8 Å². The predicted molar refractivity (Wildman–Crippen MR) is 99.6 cm³/mol. The average Bonchev–Trinajstić information content (AvgIpc) is 3.29. The van der Waals surface area contributed by atoms with Crippen LogP contribution in [0.5, 0.6) is 0 Å². The summed E-state index contributed by atoms with van der Waals surface area (Å²) in [5.74, 6) is 1.83. The van der Waals surface area contributed by atoms with Crippen LogP contribution in [-0.4, -0.2) is 33.7 Å². The molecule has 0 saturated carbocycles. The number of ether oxygens (including phenoxy) is 1. The maximum atomic E-state index is 5.79. The van der Waals surface area contributed by atoms with Crippen molar-refractivity contribution in [1.29, 1.82) is 0 Å². The average molecular weight is 364 g/mol. The Labute approximate surface area is 154 Å². The molecule has 0 bridgehead atoms. The van der Waals surface area contributed by atoms with Crippen molar-refractivity contribution in [2.24, 2.45) is 5.92 Å². The fourth-order valence-electron chi connectivity index (χ4n) is 3.41. The van der Waals surface area contributed by atoms with Crippen LogP contribution in [0.2, 0.25) is 0 Å². The van der Waals surface area contributed by atoms with Crippen LogP contribution in [0, 0.1) is 5.92 Å². The Hall–Kier alpha value is -1.24. The highest BCUT2D eigenvalue weighted by Gasteiger charge is 2.37. The highest BCUT2D eigenvalue weighted by atomic mass is 32.1. The summed E-state index contributed by atoms with van der Waals surface area (Å²) in [6.45, 7) is 11.1. The van der Waals surface area contributed by atoms with E-state index < -0.39 is 0 Å². The maximum absolute atomic E-state index is 5.79. The van der Waals surface area contributed by atoms with E-state index in [-0.39, 0.29) is 11.6 Å². The molecule has 6 heteroatoms. The molecule has 2 aromatic rings. The third-order valence-corrected chi connectivity index (χ3v) is 5.77. The van der Waals surface area contributed by atoms with Crippen molar-refractivity contribution in [2.45, 2.75) is 65.1 Å². The van der Waals surface area contributed by atoms with E-state index >= 15 is 0 Å². The lowest BCUT2D eigenvalue weighted by atomic mass is 9.93. The summed E-state index contributed by atoms with van der Waals surface area (Å²) in [4.78, 5) is 8.50. The zero-order valence-corrected chi connectivity index (χ0v) is 16.5. The number of nitrogens with zero attached hydrogens (tertiary/aromatic N) is 3. The Kier molecular flexibility index (Phi) is 5.92. The molecule has 0 aromatic carbocycles. The van der Waals surface area contributed by atoms with Gasteiger partial charge in [-0.15, -0.1) is 11.3 Å². The first-order valence-electron chi connectivity index (χ1n) is 9.18. The second-order valence-electron chi connectivity index (χ2n) is 7.69. The summed E-state index contributed by atoms with van der Waals surface area (Å²) in [5.41, 5.74) is 0.166. The van der Waals surface area contributed by atoms with Gasteiger partial charge in [-0.1, -0.05) is 25.1 Å². The quantitative estimate of drug-likeness (QED) is 0.693. The van der Waals surface area contributed by atoms with Gasteiger partial charge in [-0.2, -0.15) is 4.98 Å². The third-order valence-electron chi connectivity index (χ3n) is 4.90. The first kappa shape index (κ1) is 18.5. The number of rotatable bonds is 8. The van der Waals surface area contributed by atoms with Crippen molar-refractivity contribution in [1.82, 2.24) is 15.0 Å². The molecule has 0 spiro atoms. The molecule has 3 heterocycles. The van der Waals surface area contributed by atoms with Crippen LogP contribution < -0.4 is 0 Å². The molecule has 1 aliphatic heterocycles. The van der Waals surface area contributed by atoms with Gasteiger partial charge >= 0.3 is 0 Å². The number of hydrogen-bond donors (Lipinski definition) is 0. The molecular weight excluding hydrogens is 334 g/mol. The summed E-state index contributed by atoms with van der Waals surface area (Å²) in [7, 11) is 0. The molecule has 1 aliphatic rings. The third kappa shape index (κ3) is 4.68. The first-order valence-corrected chi connectivity index (χ1v) is 10.1. The molecule has 0 amide bonds.